The summed E-state index contributed by atoms with van der Waals surface area (Å²) in [7, 11) is 0. The first-order chi connectivity index (χ1) is 16.8. The number of nitrogens with two attached hydrogens (primary N) is 1. The molecule has 2 amide bonds. The van der Waals surface area contributed by atoms with E-state index in [4.69, 9.17) is 10.5 Å². The first-order valence-corrected chi connectivity index (χ1v) is 10.5. The van der Waals surface area contributed by atoms with Gasteiger partial charge in [0.1, 0.15) is 18.4 Å². The fraction of sp³-hybridized carbons (Fsp3) is 0.200. The standard InChI is InChI=1S/C25H20F6N2O3/c26-24(27,28)18-11-17(12-19(13-18)25(29,30)31)23(35)33-21(22(32)34)10-15-6-8-20(9-7-15)36-14-16-4-2-1-3-5-16/h1-9,11-13,21H,10,14H2,(H2,32,34)(H,33,35)/t21-/m0/s1. The highest BCUT2D eigenvalue weighted by Crippen LogP contribution is 2.36. The molecule has 0 aliphatic rings. The summed E-state index contributed by atoms with van der Waals surface area (Å²) in [6.07, 6.45) is -10.4. The third-order valence-corrected chi connectivity index (χ3v) is 5.11. The summed E-state index contributed by atoms with van der Waals surface area (Å²) in [5.74, 6) is -1.81. The largest absolute Gasteiger partial charge is 0.489 e. The number of benzene rings is 3. The Kier molecular flexibility index (Phi) is 7.91. The molecule has 3 N–H and O–H groups in total. The summed E-state index contributed by atoms with van der Waals surface area (Å²) in [4.78, 5) is 24.4. The molecule has 36 heavy (non-hydrogen) atoms. The first-order valence-electron chi connectivity index (χ1n) is 10.5. The third kappa shape index (κ3) is 7.24. The van der Waals surface area contributed by atoms with E-state index in [1.54, 1.807) is 24.3 Å². The Balaban J connectivity index is 1.72. The van der Waals surface area contributed by atoms with Crippen LogP contribution in [0.3, 0.4) is 0 Å². The van der Waals surface area contributed by atoms with E-state index in [0.29, 0.717) is 17.9 Å². The second-order valence-corrected chi connectivity index (χ2v) is 7.85. The van der Waals surface area contributed by atoms with Crippen molar-refractivity contribution in [1.82, 2.24) is 5.32 Å². The second-order valence-electron chi connectivity index (χ2n) is 7.85. The number of carbonyl (C=O) groups excluding carboxylic acids is 2. The zero-order valence-electron chi connectivity index (χ0n) is 18.5. The molecule has 0 heterocycles. The number of hydrogen-bond donors (Lipinski definition) is 2. The van der Waals surface area contributed by atoms with Crippen LogP contribution in [-0.4, -0.2) is 17.9 Å². The van der Waals surface area contributed by atoms with Gasteiger partial charge in [-0.2, -0.15) is 26.3 Å². The van der Waals surface area contributed by atoms with E-state index in [1.807, 2.05) is 30.3 Å². The van der Waals surface area contributed by atoms with Crippen LogP contribution < -0.4 is 15.8 Å². The molecular formula is C25H20F6N2O3. The predicted molar refractivity (Wildman–Crippen MR) is 118 cm³/mol. The molecule has 0 saturated carbocycles. The van der Waals surface area contributed by atoms with Gasteiger partial charge in [0.2, 0.25) is 5.91 Å². The molecule has 0 unspecified atom stereocenters. The number of alkyl halides is 6. The van der Waals surface area contributed by atoms with Crippen LogP contribution in [0.4, 0.5) is 26.3 Å². The molecule has 0 saturated heterocycles. The summed E-state index contributed by atoms with van der Waals surface area (Å²) >= 11 is 0. The Morgan fingerprint density at radius 1 is 0.806 bits per heavy atom. The average molecular weight is 510 g/mol. The van der Waals surface area contributed by atoms with Crippen LogP contribution in [-0.2, 0) is 30.2 Å². The molecule has 3 aromatic rings. The SMILES string of the molecule is NC(=O)[C@H](Cc1ccc(OCc2ccccc2)cc1)NC(=O)c1cc(C(F)(F)F)cc(C(F)(F)F)c1. The van der Waals surface area contributed by atoms with E-state index in [0.717, 1.165) is 5.56 Å². The Morgan fingerprint density at radius 2 is 1.36 bits per heavy atom. The lowest BCUT2D eigenvalue weighted by atomic mass is 10.0. The lowest BCUT2D eigenvalue weighted by Crippen LogP contribution is -2.46. The van der Waals surface area contributed by atoms with Gasteiger partial charge in [-0.15, -0.1) is 0 Å². The number of nitrogens with one attached hydrogen (secondary N) is 1. The van der Waals surface area contributed by atoms with E-state index in [2.05, 4.69) is 5.32 Å². The van der Waals surface area contributed by atoms with Crippen molar-refractivity contribution in [2.24, 2.45) is 5.73 Å². The van der Waals surface area contributed by atoms with Crippen LogP contribution in [0, 0.1) is 0 Å². The van der Waals surface area contributed by atoms with Gasteiger partial charge >= 0.3 is 12.4 Å². The zero-order chi connectivity index (χ0) is 26.5. The Morgan fingerprint density at radius 3 is 1.86 bits per heavy atom. The van der Waals surface area contributed by atoms with Crippen LogP contribution >= 0.6 is 0 Å². The van der Waals surface area contributed by atoms with Gasteiger partial charge in [0.25, 0.3) is 5.91 Å². The normalized spacial score (nSPS) is 12.6. The molecule has 0 bridgehead atoms. The maximum absolute atomic E-state index is 13.1. The molecule has 190 valence electrons. The fourth-order valence-electron chi connectivity index (χ4n) is 3.25. The number of halogens is 6. The van der Waals surface area contributed by atoms with Crippen molar-refractivity contribution in [3.8, 4) is 5.75 Å². The van der Waals surface area contributed by atoms with Gasteiger partial charge in [-0.1, -0.05) is 42.5 Å². The molecule has 0 aliphatic heterocycles. The summed E-state index contributed by atoms with van der Waals surface area (Å²) in [6.45, 7) is 0.317. The fourth-order valence-corrected chi connectivity index (χ4v) is 3.25. The van der Waals surface area contributed by atoms with Crippen molar-refractivity contribution in [3.63, 3.8) is 0 Å². The van der Waals surface area contributed by atoms with Crippen molar-refractivity contribution >= 4 is 11.8 Å². The highest BCUT2D eigenvalue weighted by atomic mass is 19.4. The van der Waals surface area contributed by atoms with Crippen LogP contribution in [0.25, 0.3) is 0 Å². The number of carbonyl (C=O) groups is 2. The highest BCUT2D eigenvalue weighted by Gasteiger charge is 2.37. The van der Waals surface area contributed by atoms with Crippen molar-refractivity contribution in [3.05, 3.63) is 101 Å². The summed E-state index contributed by atoms with van der Waals surface area (Å²) in [5, 5.41) is 2.12. The molecule has 11 heteroatoms. The van der Waals surface area contributed by atoms with E-state index in [1.165, 1.54) is 0 Å². The van der Waals surface area contributed by atoms with E-state index < -0.39 is 46.9 Å². The Hall–Kier alpha value is -4.02. The summed E-state index contributed by atoms with van der Waals surface area (Å²) in [6, 6.07) is 14.8. The molecular weight excluding hydrogens is 490 g/mol. The molecule has 0 aromatic heterocycles. The average Bonchev–Trinajstić information content (AvgIpc) is 2.82. The van der Waals surface area contributed by atoms with Gasteiger partial charge in [-0.25, -0.2) is 0 Å². The molecule has 5 nitrogen and oxygen atoms in total. The van der Waals surface area contributed by atoms with E-state index >= 15 is 0 Å². The number of rotatable bonds is 8. The summed E-state index contributed by atoms with van der Waals surface area (Å²) in [5.41, 5.74) is 2.57. The molecule has 1 atom stereocenters. The van der Waals surface area contributed by atoms with Crippen LogP contribution in [0.15, 0.2) is 72.8 Å². The molecule has 0 aliphatic carbocycles. The number of primary amides is 1. The molecule has 0 radical (unpaired) electrons. The minimum atomic E-state index is -5.12. The van der Waals surface area contributed by atoms with Gasteiger partial charge in [0.15, 0.2) is 0 Å². The quantitative estimate of drug-likeness (QED) is 0.413. The van der Waals surface area contributed by atoms with Crippen LogP contribution in [0.5, 0.6) is 5.75 Å². The Labute approximate surface area is 201 Å². The molecule has 0 fully saturated rings. The third-order valence-electron chi connectivity index (χ3n) is 5.11. The minimum Gasteiger partial charge on any atom is -0.489 e. The monoisotopic (exact) mass is 510 g/mol. The maximum Gasteiger partial charge on any atom is 0.416 e. The number of amides is 2. The smallest absolute Gasteiger partial charge is 0.416 e. The lowest BCUT2D eigenvalue weighted by molar-refractivity contribution is -0.143. The van der Waals surface area contributed by atoms with E-state index in [-0.39, 0.29) is 24.6 Å². The topological polar surface area (TPSA) is 81.4 Å². The van der Waals surface area contributed by atoms with Crippen molar-refractivity contribution in [2.45, 2.75) is 31.4 Å². The summed E-state index contributed by atoms with van der Waals surface area (Å²) < 4.78 is 84.1. The first kappa shape index (κ1) is 26.6. The van der Waals surface area contributed by atoms with Crippen molar-refractivity contribution in [1.29, 1.82) is 0 Å². The minimum absolute atomic E-state index is 0.0935. The van der Waals surface area contributed by atoms with Crippen molar-refractivity contribution < 1.29 is 40.7 Å². The van der Waals surface area contributed by atoms with Gasteiger partial charge in [0, 0.05) is 12.0 Å². The Bertz CT molecular complexity index is 1180. The van der Waals surface area contributed by atoms with Gasteiger partial charge < -0.3 is 15.8 Å². The maximum atomic E-state index is 13.1. The highest BCUT2D eigenvalue weighted by molar-refractivity contribution is 5.97. The second kappa shape index (κ2) is 10.7. The van der Waals surface area contributed by atoms with E-state index in [9.17, 15) is 35.9 Å². The molecule has 3 rings (SSSR count). The van der Waals surface area contributed by atoms with Gasteiger partial charge in [-0.3, -0.25) is 9.59 Å². The zero-order valence-corrected chi connectivity index (χ0v) is 18.5. The van der Waals surface area contributed by atoms with Crippen LogP contribution in [0.1, 0.15) is 32.6 Å². The van der Waals surface area contributed by atoms with Crippen molar-refractivity contribution in [2.75, 3.05) is 0 Å². The van der Waals surface area contributed by atoms with Gasteiger partial charge in [-0.05, 0) is 41.5 Å². The lowest BCUT2D eigenvalue weighted by Gasteiger charge is -2.18. The number of ether oxygens (including phenoxy) is 1. The van der Waals surface area contributed by atoms with Gasteiger partial charge in [0.05, 0.1) is 11.1 Å². The number of hydrogen-bond acceptors (Lipinski definition) is 3. The predicted octanol–water partition coefficient (Wildman–Crippen LogP) is 5.13. The molecule has 0 spiro atoms. The van der Waals surface area contributed by atoms with Crippen LogP contribution in [0.2, 0.25) is 0 Å². The molecule has 3 aromatic carbocycles.